The SMILES string of the molecule is CCCNC1CCC(OC/C=C/c2ccccc2)CC1. The Labute approximate surface area is 123 Å². The van der Waals surface area contributed by atoms with Crippen LogP contribution in [-0.4, -0.2) is 25.3 Å². The smallest absolute Gasteiger partial charge is 0.0654 e. The first-order valence-corrected chi connectivity index (χ1v) is 7.95. The molecule has 0 atom stereocenters. The summed E-state index contributed by atoms with van der Waals surface area (Å²) in [5.74, 6) is 0. The standard InChI is InChI=1S/C18H27NO/c1-2-14-19-17-10-12-18(13-11-17)20-15-6-9-16-7-4-3-5-8-16/h3-9,17-19H,2,10-15H2,1H3/b9-6+. The molecule has 2 rings (SSSR count). The molecular weight excluding hydrogens is 246 g/mol. The van der Waals surface area contributed by atoms with E-state index in [0.29, 0.717) is 6.10 Å². The maximum absolute atomic E-state index is 5.94. The van der Waals surface area contributed by atoms with Gasteiger partial charge in [0.2, 0.25) is 0 Å². The fourth-order valence-electron chi connectivity index (χ4n) is 2.72. The lowest BCUT2D eigenvalue weighted by atomic mass is 9.93. The molecule has 1 aliphatic rings. The summed E-state index contributed by atoms with van der Waals surface area (Å²) in [6, 6.07) is 11.1. The molecule has 1 aromatic rings. The molecule has 1 aliphatic carbocycles. The van der Waals surface area contributed by atoms with Crippen molar-refractivity contribution in [2.24, 2.45) is 0 Å². The van der Waals surface area contributed by atoms with Crippen molar-refractivity contribution in [3.8, 4) is 0 Å². The second-order valence-electron chi connectivity index (χ2n) is 5.57. The molecule has 1 aromatic carbocycles. The third-order valence-corrected chi connectivity index (χ3v) is 3.90. The normalized spacial score (nSPS) is 23.2. The lowest BCUT2D eigenvalue weighted by Crippen LogP contribution is -2.35. The topological polar surface area (TPSA) is 21.3 Å². The largest absolute Gasteiger partial charge is 0.374 e. The number of ether oxygens (including phenoxy) is 1. The Morgan fingerprint density at radius 2 is 1.90 bits per heavy atom. The van der Waals surface area contributed by atoms with Gasteiger partial charge in [-0.1, -0.05) is 49.4 Å². The predicted octanol–water partition coefficient (Wildman–Crippen LogP) is 4.03. The summed E-state index contributed by atoms with van der Waals surface area (Å²) in [4.78, 5) is 0. The molecule has 1 saturated carbocycles. The number of nitrogens with one attached hydrogen (secondary N) is 1. The van der Waals surface area contributed by atoms with E-state index in [9.17, 15) is 0 Å². The van der Waals surface area contributed by atoms with E-state index in [1.165, 1.54) is 37.7 Å². The molecule has 2 heteroatoms. The minimum absolute atomic E-state index is 0.454. The molecule has 0 unspecified atom stereocenters. The average molecular weight is 273 g/mol. The molecule has 0 heterocycles. The molecule has 0 aliphatic heterocycles. The first-order valence-electron chi connectivity index (χ1n) is 7.95. The van der Waals surface area contributed by atoms with Crippen molar-refractivity contribution < 1.29 is 4.74 Å². The summed E-state index contributed by atoms with van der Waals surface area (Å²) in [5, 5.41) is 3.61. The molecule has 0 radical (unpaired) electrons. The van der Waals surface area contributed by atoms with Gasteiger partial charge in [0, 0.05) is 6.04 Å². The van der Waals surface area contributed by atoms with Crippen LogP contribution in [0.2, 0.25) is 0 Å². The van der Waals surface area contributed by atoms with E-state index < -0.39 is 0 Å². The highest BCUT2D eigenvalue weighted by atomic mass is 16.5. The van der Waals surface area contributed by atoms with E-state index in [-0.39, 0.29) is 0 Å². The van der Waals surface area contributed by atoms with Crippen LogP contribution in [0, 0.1) is 0 Å². The fourth-order valence-corrected chi connectivity index (χ4v) is 2.72. The van der Waals surface area contributed by atoms with Gasteiger partial charge in [0.25, 0.3) is 0 Å². The summed E-state index contributed by atoms with van der Waals surface area (Å²) in [6.07, 6.45) is 10.8. The van der Waals surface area contributed by atoms with Crippen LogP contribution in [0.5, 0.6) is 0 Å². The molecule has 0 spiro atoms. The van der Waals surface area contributed by atoms with Crippen molar-refractivity contribution in [2.45, 2.75) is 51.2 Å². The van der Waals surface area contributed by atoms with Crippen LogP contribution in [0.25, 0.3) is 6.08 Å². The molecule has 2 nitrogen and oxygen atoms in total. The quantitative estimate of drug-likeness (QED) is 0.810. The zero-order chi connectivity index (χ0) is 14.0. The molecular formula is C18H27NO. The Kier molecular flexibility index (Phi) is 6.82. The van der Waals surface area contributed by atoms with Crippen molar-refractivity contribution in [3.63, 3.8) is 0 Å². The fraction of sp³-hybridized carbons (Fsp3) is 0.556. The van der Waals surface area contributed by atoms with Crippen LogP contribution in [-0.2, 0) is 4.74 Å². The Balaban J connectivity index is 1.60. The summed E-state index contributed by atoms with van der Waals surface area (Å²) in [7, 11) is 0. The molecule has 20 heavy (non-hydrogen) atoms. The first-order chi connectivity index (χ1) is 9.88. The van der Waals surface area contributed by atoms with Gasteiger partial charge in [0.05, 0.1) is 12.7 Å². The molecule has 1 N–H and O–H groups in total. The zero-order valence-electron chi connectivity index (χ0n) is 12.6. The molecule has 0 saturated heterocycles. The number of rotatable bonds is 7. The van der Waals surface area contributed by atoms with Gasteiger partial charge in [0.15, 0.2) is 0 Å². The van der Waals surface area contributed by atoms with Gasteiger partial charge in [0.1, 0.15) is 0 Å². The third kappa shape index (κ3) is 5.48. The highest BCUT2D eigenvalue weighted by molar-refractivity contribution is 5.48. The minimum Gasteiger partial charge on any atom is -0.374 e. The van der Waals surface area contributed by atoms with Gasteiger partial charge in [-0.3, -0.25) is 0 Å². The van der Waals surface area contributed by atoms with E-state index in [4.69, 9.17) is 4.74 Å². The van der Waals surface area contributed by atoms with E-state index >= 15 is 0 Å². The van der Waals surface area contributed by atoms with E-state index in [0.717, 1.165) is 19.2 Å². The zero-order valence-corrected chi connectivity index (χ0v) is 12.6. The summed E-state index contributed by atoms with van der Waals surface area (Å²) < 4.78 is 5.94. The molecule has 1 fully saturated rings. The van der Waals surface area contributed by atoms with E-state index in [1.807, 2.05) is 6.07 Å². The average Bonchev–Trinajstić information content (AvgIpc) is 2.52. The van der Waals surface area contributed by atoms with Crippen molar-refractivity contribution in [1.82, 2.24) is 5.32 Å². The van der Waals surface area contributed by atoms with Crippen molar-refractivity contribution in [2.75, 3.05) is 13.2 Å². The summed E-state index contributed by atoms with van der Waals surface area (Å²) in [6.45, 7) is 4.10. The summed E-state index contributed by atoms with van der Waals surface area (Å²) in [5.41, 5.74) is 1.24. The molecule has 0 aromatic heterocycles. The molecule has 110 valence electrons. The Morgan fingerprint density at radius 3 is 2.60 bits per heavy atom. The van der Waals surface area contributed by atoms with Crippen LogP contribution in [0.4, 0.5) is 0 Å². The van der Waals surface area contributed by atoms with Crippen LogP contribution in [0.3, 0.4) is 0 Å². The van der Waals surface area contributed by atoms with Crippen LogP contribution < -0.4 is 5.32 Å². The predicted molar refractivity (Wildman–Crippen MR) is 85.8 cm³/mol. The highest BCUT2D eigenvalue weighted by Crippen LogP contribution is 2.21. The minimum atomic E-state index is 0.454. The second-order valence-corrected chi connectivity index (χ2v) is 5.57. The highest BCUT2D eigenvalue weighted by Gasteiger charge is 2.20. The Bertz CT molecular complexity index is 380. The third-order valence-electron chi connectivity index (χ3n) is 3.90. The lowest BCUT2D eigenvalue weighted by Gasteiger charge is -2.28. The van der Waals surface area contributed by atoms with Crippen LogP contribution in [0.1, 0.15) is 44.6 Å². The second kappa shape index (κ2) is 8.93. The van der Waals surface area contributed by atoms with Crippen molar-refractivity contribution >= 4 is 6.08 Å². The number of hydrogen-bond acceptors (Lipinski definition) is 2. The van der Waals surface area contributed by atoms with Crippen LogP contribution in [0.15, 0.2) is 36.4 Å². The van der Waals surface area contributed by atoms with E-state index in [2.05, 4.69) is 48.7 Å². The Hall–Kier alpha value is -1.12. The number of benzene rings is 1. The van der Waals surface area contributed by atoms with Gasteiger partial charge in [-0.05, 0) is 44.2 Å². The van der Waals surface area contributed by atoms with Gasteiger partial charge in [-0.25, -0.2) is 0 Å². The van der Waals surface area contributed by atoms with Crippen molar-refractivity contribution in [3.05, 3.63) is 42.0 Å². The maximum atomic E-state index is 5.94. The molecule has 0 bridgehead atoms. The first kappa shape index (κ1) is 15.3. The van der Waals surface area contributed by atoms with Crippen molar-refractivity contribution in [1.29, 1.82) is 0 Å². The molecule has 0 amide bonds. The van der Waals surface area contributed by atoms with E-state index in [1.54, 1.807) is 0 Å². The Morgan fingerprint density at radius 1 is 1.15 bits per heavy atom. The maximum Gasteiger partial charge on any atom is 0.0654 e. The monoisotopic (exact) mass is 273 g/mol. The number of hydrogen-bond donors (Lipinski definition) is 1. The van der Waals surface area contributed by atoms with Gasteiger partial charge in [-0.2, -0.15) is 0 Å². The van der Waals surface area contributed by atoms with Gasteiger partial charge in [-0.15, -0.1) is 0 Å². The summed E-state index contributed by atoms with van der Waals surface area (Å²) >= 11 is 0. The lowest BCUT2D eigenvalue weighted by molar-refractivity contribution is 0.0399. The van der Waals surface area contributed by atoms with Gasteiger partial charge < -0.3 is 10.1 Å². The van der Waals surface area contributed by atoms with Gasteiger partial charge >= 0.3 is 0 Å². The van der Waals surface area contributed by atoms with Crippen LogP contribution >= 0.6 is 0 Å².